The first-order valence-corrected chi connectivity index (χ1v) is 10.3. The van der Waals surface area contributed by atoms with Gasteiger partial charge < -0.3 is 15.8 Å². The standard InChI is InChI=1S/C21H19F2N5O2S/c22-20(23)14(11-24)10-19-26-27-21(29)28(19)12-16-5-4-15(31-16)3-1-13-2-6-18-17(9-13)25-7-8-30-18/h2,4-6,9,25H,7-8,10-12,24H2,(H,27,29). The number of H-pyrrole nitrogens is 1. The molecule has 0 aliphatic carbocycles. The van der Waals surface area contributed by atoms with Crippen molar-refractivity contribution in [3.63, 3.8) is 0 Å². The highest BCUT2D eigenvalue weighted by Gasteiger charge is 2.14. The van der Waals surface area contributed by atoms with Crippen molar-refractivity contribution in [3.8, 4) is 17.6 Å². The maximum Gasteiger partial charge on any atom is 0.343 e. The fourth-order valence-corrected chi connectivity index (χ4v) is 3.94. The van der Waals surface area contributed by atoms with Gasteiger partial charge in [-0.15, -0.1) is 11.3 Å². The van der Waals surface area contributed by atoms with Gasteiger partial charge in [0.15, 0.2) is 0 Å². The second kappa shape index (κ2) is 9.16. The van der Waals surface area contributed by atoms with E-state index in [1.165, 1.54) is 15.9 Å². The van der Waals surface area contributed by atoms with Crippen molar-refractivity contribution in [2.24, 2.45) is 5.73 Å². The van der Waals surface area contributed by atoms with Crippen molar-refractivity contribution in [1.82, 2.24) is 14.8 Å². The van der Waals surface area contributed by atoms with E-state index in [1.54, 1.807) is 0 Å². The third kappa shape index (κ3) is 4.84. The van der Waals surface area contributed by atoms with Gasteiger partial charge in [-0.25, -0.2) is 9.89 Å². The van der Waals surface area contributed by atoms with Crippen LogP contribution >= 0.6 is 11.3 Å². The molecule has 31 heavy (non-hydrogen) atoms. The average molecular weight is 443 g/mol. The van der Waals surface area contributed by atoms with E-state index in [-0.39, 0.29) is 30.9 Å². The quantitative estimate of drug-likeness (QED) is 0.527. The van der Waals surface area contributed by atoms with Crippen molar-refractivity contribution in [3.05, 3.63) is 73.6 Å². The molecular weight excluding hydrogens is 424 g/mol. The van der Waals surface area contributed by atoms with Gasteiger partial charge in [0, 0.05) is 35.5 Å². The Hall–Kier alpha value is -3.42. The monoisotopic (exact) mass is 443 g/mol. The molecule has 0 amide bonds. The Bertz CT molecular complexity index is 1240. The van der Waals surface area contributed by atoms with Crippen LogP contribution in [-0.4, -0.2) is 34.5 Å². The fourth-order valence-electron chi connectivity index (χ4n) is 3.09. The smallest absolute Gasteiger partial charge is 0.343 e. The Balaban J connectivity index is 1.50. The molecule has 0 fully saturated rings. The van der Waals surface area contributed by atoms with Crippen LogP contribution in [0.3, 0.4) is 0 Å². The lowest BCUT2D eigenvalue weighted by atomic mass is 10.1. The molecule has 0 radical (unpaired) electrons. The third-order valence-electron chi connectivity index (χ3n) is 4.68. The Kier molecular flexibility index (Phi) is 6.16. The van der Waals surface area contributed by atoms with Crippen LogP contribution in [0.1, 0.15) is 21.1 Å². The highest BCUT2D eigenvalue weighted by molar-refractivity contribution is 7.12. The third-order valence-corrected chi connectivity index (χ3v) is 5.67. The van der Waals surface area contributed by atoms with Crippen molar-refractivity contribution in [1.29, 1.82) is 0 Å². The number of anilines is 1. The summed E-state index contributed by atoms with van der Waals surface area (Å²) in [6, 6.07) is 9.46. The van der Waals surface area contributed by atoms with Crippen molar-refractivity contribution in [2.75, 3.05) is 25.0 Å². The first-order chi connectivity index (χ1) is 15.0. The lowest BCUT2D eigenvalue weighted by molar-refractivity contribution is 0.323. The number of nitrogens with one attached hydrogen (secondary N) is 2. The van der Waals surface area contributed by atoms with Crippen molar-refractivity contribution < 1.29 is 13.5 Å². The average Bonchev–Trinajstić information content (AvgIpc) is 3.37. The highest BCUT2D eigenvalue weighted by atomic mass is 32.1. The van der Waals surface area contributed by atoms with Crippen LogP contribution in [0.2, 0.25) is 0 Å². The summed E-state index contributed by atoms with van der Waals surface area (Å²) in [5.74, 6) is 7.27. The number of rotatable bonds is 5. The van der Waals surface area contributed by atoms with Gasteiger partial charge in [0.05, 0.1) is 17.1 Å². The molecule has 1 aliphatic heterocycles. The van der Waals surface area contributed by atoms with Crippen molar-refractivity contribution >= 4 is 17.0 Å². The predicted octanol–water partition coefficient (Wildman–Crippen LogP) is 2.54. The Morgan fingerprint density at radius 3 is 2.97 bits per heavy atom. The van der Waals surface area contributed by atoms with Gasteiger partial charge in [0.1, 0.15) is 18.2 Å². The van der Waals surface area contributed by atoms with Crippen LogP contribution in [0.4, 0.5) is 14.5 Å². The number of fused-ring (bicyclic) bond motifs is 1. The van der Waals surface area contributed by atoms with Gasteiger partial charge in [-0.3, -0.25) is 4.57 Å². The number of nitrogens with two attached hydrogens (primary N) is 1. The zero-order chi connectivity index (χ0) is 21.8. The second-order valence-electron chi connectivity index (χ2n) is 6.78. The van der Waals surface area contributed by atoms with E-state index in [4.69, 9.17) is 10.5 Å². The van der Waals surface area contributed by atoms with Crippen LogP contribution in [0.25, 0.3) is 0 Å². The molecule has 4 rings (SSSR count). The molecule has 3 heterocycles. The molecule has 0 bridgehead atoms. The highest BCUT2D eigenvalue weighted by Crippen LogP contribution is 2.27. The molecule has 0 atom stereocenters. The summed E-state index contributed by atoms with van der Waals surface area (Å²) in [5.41, 5.74) is 6.44. The summed E-state index contributed by atoms with van der Waals surface area (Å²) < 4.78 is 32.7. The maximum atomic E-state index is 12.9. The summed E-state index contributed by atoms with van der Waals surface area (Å²) in [6.45, 7) is 1.31. The minimum atomic E-state index is -1.85. The molecule has 4 N–H and O–H groups in total. The summed E-state index contributed by atoms with van der Waals surface area (Å²) in [5, 5.41) is 9.45. The zero-order valence-electron chi connectivity index (χ0n) is 16.4. The number of halogens is 2. The van der Waals surface area contributed by atoms with Crippen LogP contribution in [0, 0.1) is 11.8 Å². The first kappa shape index (κ1) is 20.8. The molecule has 2 aromatic heterocycles. The number of nitrogens with zero attached hydrogens (tertiary/aromatic N) is 2. The van der Waals surface area contributed by atoms with Crippen LogP contribution in [0.15, 0.2) is 46.8 Å². The van der Waals surface area contributed by atoms with E-state index in [0.29, 0.717) is 6.61 Å². The van der Waals surface area contributed by atoms with E-state index in [9.17, 15) is 13.6 Å². The molecule has 0 spiro atoms. The van der Waals surface area contributed by atoms with Crippen molar-refractivity contribution in [2.45, 2.75) is 13.0 Å². The summed E-state index contributed by atoms with van der Waals surface area (Å²) >= 11 is 1.43. The van der Waals surface area contributed by atoms with E-state index < -0.39 is 11.8 Å². The molecule has 0 saturated heterocycles. The normalized spacial score (nSPS) is 12.2. The van der Waals surface area contributed by atoms with Gasteiger partial charge in [-0.1, -0.05) is 11.8 Å². The van der Waals surface area contributed by atoms with Crippen LogP contribution in [-0.2, 0) is 13.0 Å². The van der Waals surface area contributed by atoms with E-state index in [1.807, 2.05) is 30.3 Å². The van der Waals surface area contributed by atoms with Gasteiger partial charge in [-0.2, -0.15) is 13.9 Å². The first-order valence-electron chi connectivity index (χ1n) is 9.52. The number of hydrogen-bond acceptors (Lipinski definition) is 6. The molecule has 0 saturated carbocycles. The van der Waals surface area contributed by atoms with E-state index in [2.05, 4.69) is 27.4 Å². The largest absolute Gasteiger partial charge is 0.490 e. The SMILES string of the molecule is NCC(Cc1n[nH]c(=O)n1Cc1ccc(C#Cc2ccc3c(c2)NCCO3)s1)=C(F)F. The molecule has 160 valence electrons. The predicted molar refractivity (Wildman–Crippen MR) is 115 cm³/mol. The topological polar surface area (TPSA) is 98.0 Å². The fraction of sp³-hybridized carbons (Fsp3) is 0.238. The number of benzene rings is 1. The summed E-state index contributed by atoms with van der Waals surface area (Å²) in [7, 11) is 0. The molecule has 0 unspecified atom stereocenters. The minimum absolute atomic E-state index is 0.189. The molecule has 7 nitrogen and oxygen atoms in total. The number of aromatic nitrogens is 3. The van der Waals surface area contributed by atoms with Gasteiger partial charge >= 0.3 is 5.69 Å². The number of thiophene rings is 1. The lowest BCUT2D eigenvalue weighted by Gasteiger charge is -2.18. The molecule has 3 aromatic rings. The van der Waals surface area contributed by atoms with Gasteiger partial charge in [0.2, 0.25) is 0 Å². The Labute approximate surface area is 180 Å². The maximum absolute atomic E-state index is 12.9. The Morgan fingerprint density at radius 1 is 1.29 bits per heavy atom. The van der Waals surface area contributed by atoms with Crippen LogP contribution in [0.5, 0.6) is 5.75 Å². The number of hydrogen-bond donors (Lipinski definition) is 3. The lowest BCUT2D eigenvalue weighted by Crippen LogP contribution is -2.20. The minimum Gasteiger partial charge on any atom is -0.490 e. The molecule has 1 aromatic carbocycles. The van der Waals surface area contributed by atoms with E-state index >= 15 is 0 Å². The molecule has 1 aliphatic rings. The second-order valence-corrected chi connectivity index (χ2v) is 7.95. The van der Waals surface area contributed by atoms with Gasteiger partial charge in [-0.05, 0) is 30.3 Å². The summed E-state index contributed by atoms with van der Waals surface area (Å²) in [6.07, 6.45) is -2.03. The van der Waals surface area contributed by atoms with E-state index in [0.717, 1.165) is 33.3 Å². The van der Waals surface area contributed by atoms with Crippen LogP contribution < -0.4 is 21.5 Å². The van der Waals surface area contributed by atoms with Gasteiger partial charge in [0.25, 0.3) is 6.08 Å². The zero-order valence-corrected chi connectivity index (χ0v) is 17.2. The number of aromatic amines is 1. The molecule has 10 heteroatoms. The Morgan fingerprint density at radius 2 is 2.16 bits per heavy atom. The number of ether oxygens (including phenoxy) is 1. The summed E-state index contributed by atoms with van der Waals surface area (Å²) in [4.78, 5) is 13.8. The molecular formula is C21H19F2N5O2S.